The number of nitrogens with one attached hydrogen (secondary N) is 1. The highest BCUT2D eigenvalue weighted by molar-refractivity contribution is 6.03. The van der Waals surface area contributed by atoms with Crippen molar-refractivity contribution < 1.29 is 27.2 Å². The molecular formula is C22H17F3N6O2. The number of alkyl halides is 3. The van der Waals surface area contributed by atoms with E-state index in [1.54, 1.807) is 6.20 Å². The first-order chi connectivity index (χ1) is 15.8. The van der Waals surface area contributed by atoms with E-state index < -0.39 is 17.8 Å². The average Bonchev–Trinajstić information content (AvgIpc) is 3.20. The molecule has 0 saturated carbocycles. The highest BCUT2D eigenvalue weighted by atomic mass is 19.4. The van der Waals surface area contributed by atoms with Gasteiger partial charge in [0, 0.05) is 23.0 Å². The van der Waals surface area contributed by atoms with Crippen molar-refractivity contribution in [3.05, 3.63) is 89.4 Å². The lowest BCUT2D eigenvalue weighted by Gasteiger charge is -2.15. The summed E-state index contributed by atoms with van der Waals surface area (Å²) in [6, 6.07) is 11.1. The Morgan fingerprint density at radius 1 is 1.18 bits per heavy atom. The second-order valence-corrected chi connectivity index (χ2v) is 7.08. The van der Waals surface area contributed by atoms with Crippen molar-refractivity contribution in [2.45, 2.75) is 19.6 Å². The summed E-state index contributed by atoms with van der Waals surface area (Å²) in [7, 11) is 0. The molecule has 0 aliphatic carbocycles. The van der Waals surface area contributed by atoms with Crippen LogP contribution in [-0.4, -0.2) is 21.3 Å². The highest BCUT2D eigenvalue weighted by Gasteiger charge is 2.30. The van der Waals surface area contributed by atoms with E-state index in [-0.39, 0.29) is 11.6 Å². The molecule has 11 heteroatoms. The molecule has 0 saturated heterocycles. The number of benzene rings is 2. The number of rotatable bonds is 5. The Hall–Kier alpha value is -4.28. The Morgan fingerprint density at radius 2 is 2.00 bits per heavy atom. The van der Waals surface area contributed by atoms with Crippen LogP contribution in [0.25, 0.3) is 16.4 Å². The Kier molecular flexibility index (Phi) is 6.03. The van der Waals surface area contributed by atoms with Crippen LogP contribution in [0.4, 0.5) is 29.5 Å². The molecule has 1 N–H and O–H groups in total. The fourth-order valence-electron chi connectivity index (χ4n) is 3.12. The van der Waals surface area contributed by atoms with Gasteiger partial charge >= 0.3 is 6.18 Å². The van der Waals surface area contributed by atoms with Crippen molar-refractivity contribution in [1.82, 2.24) is 15.2 Å². The van der Waals surface area contributed by atoms with Gasteiger partial charge in [-0.25, -0.2) is 9.97 Å². The van der Waals surface area contributed by atoms with Crippen LogP contribution in [0.15, 0.2) is 71.8 Å². The summed E-state index contributed by atoms with van der Waals surface area (Å²) in [5.41, 5.74) is 2.70. The highest BCUT2D eigenvalue weighted by Crippen LogP contribution is 2.31. The number of urea groups is 1. The second kappa shape index (κ2) is 9.07. The minimum absolute atomic E-state index is 0.0389. The molecule has 8 nitrogen and oxygen atoms in total. The molecule has 4 rings (SSSR count). The lowest BCUT2D eigenvalue weighted by atomic mass is 10.0. The standard InChI is InChI=1S/C22H17F3N6O2/c1-14-19(10-26-13-27-14)16-5-2-4-15(8-16)11-31-12-20(33-30-31)29-21(32)28-18-7-3-6-17(9-18)22(23,24)25/h2-10,12-13H,11H2,1H3,(H-,28,29,30,32). The van der Waals surface area contributed by atoms with Crippen molar-refractivity contribution in [2.24, 2.45) is 0 Å². The molecule has 2 aromatic carbocycles. The number of hydrogen-bond acceptors (Lipinski definition) is 5. The van der Waals surface area contributed by atoms with E-state index in [1.807, 2.05) is 31.2 Å². The topological polar surface area (TPSA) is 98.9 Å². The molecule has 168 valence electrons. The summed E-state index contributed by atoms with van der Waals surface area (Å²) >= 11 is 0. The monoisotopic (exact) mass is 454 g/mol. The van der Waals surface area contributed by atoms with E-state index in [4.69, 9.17) is 4.52 Å². The number of aryl methyl sites for hydroxylation is 1. The maximum Gasteiger partial charge on any atom is 0.416 e. The Bertz CT molecular complexity index is 1290. The fourth-order valence-corrected chi connectivity index (χ4v) is 3.12. The van der Waals surface area contributed by atoms with E-state index in [0.29, 0.717) is 6.54 Å². The van der Waals surface area contributed by atoms with Crippen LogP contribution in [-0.2, 0) is 12.7 Å². The van der Waals surface area contributed by atoms with Crippen LogP contribution in [0.5, 0.6) is 0 Å². The molecule has 0 fully saturated rings. The summed E-state index contributed by atoms with van der Waals surface area (Å²) in [6.07, 6.45) is 0.125. The molecular weight excluding hydrogens is 437 g/mol. The molecule has 0 radical (unpaired) electrons. The van der Waals surface area contributed by atoms with Gasteiger partial charge < -0.3 is 15.2 Å². The Balaban J connectivity index is 1.40. The van der Waals surface area contributed by atoms with Crippen LogP contribution in [0.3, 0.4) is 0 Å². The maximum absolute atomic E-state index is 12.8. The number of amides is 2. The number of aromatic nitrogens is 4. The lowest BCUT2D eigenvalue weighted by Crippen LogP contribution is -2.35. The van der Waals surface area contributed by atoms with Crippen LogP contribution < -0.4 is 10.00 Å². The molecule has 0 aliphatic heterocycles. The number of nitrogens with zero attached hydrogens (tertiary/aromatic N) is 5. The van der Waals surface area contributed by atoms with E-state index in [1.165, 1.54) is 29.3 Å². The van der Waals surface area contributed by atoms with E-state index in [9.17, 15) is 18.0 Å². The molecule has 0 unspecified atom stereocenters. The van der Waals surface area contributed by atoms with Crippen molar-refractivity contribution in [3.8, 4) is 11.1 Å². The van der Waals surface area contributed by atoms with Gasteiger partial charge in [0.15, 0.2) is 11.3 Å². The van der Waals surface area contributed by atoms with Crippen molar-refractivity contribution >= 4 is 17.6 Å². The zero-order valence-corrected chi connectivity index (χ0v) is 17.2. The average molecular weight is 454 g/mol. The summed E-state index contributed by atoms with van der Waals surface area (Å²) in [5.74, 6) is -0.0945. The zero-order chi connectivity index (χ0) is 23.4. The summed E-state index contributed by atoms with van der Waals surface area (Å²) in [5, 5.41) is 9.80. The largest absolute Gasteiger partial charge is 0.424 e. The fraction of sp³-hybridized carbons (Fsp3) is 0.136. The van der Waals surface area contributed by atoms with E-state index >= 15 is 0 Å². The molecule has 2 aromatic heterocycles. The van der Waals surface area contributed by atoms with E-state index in [0.717, 1.165) is 34.5 Å². The first-order valence-corrected chi connectivity index (χ1v) is 9.70. The quantitative estimate of drug-likeness (QED) is 0.427. The first-order valence-electron chi connectivity index (χ1n) is 9.70. The summed E-state index contributed by atoms with van der Waals surface area (Å²) in [6.45, 7) is 2.24. The van der Waals surface area contributed by atoms with Gasteiger partial charge in [0.05, 0.1) is 5.56 Å². The molecule has 33 heavy (non-hydrogen) atoms. The Morgan fingerprint density at radius 3 is 2.79 bits per heavy atom. The lowest BCUT2D eigenvalue weighted by molar-refractivity contribution is -0.754. The number of anilines is 1. The molecule has 0 spiro atoms. The molecule has 0 aliphatic rings. The third kappa shape index (κ3) is 5.50. The van der Waals surface area contributed by atoms with Gasteiger partial charge in [-0.15, -0.1) is 0 Å². The number of halogens is 3. The zero-order valence-electron chi connectivity index (χ0n) is 17.2. The second-order valence-electron chi connectivity index (χ2n) is 7.08. The van der Waals surface area contributed by atoms with Gasteiger partial charge in [-0.1, -0.05) is 36.4 Å². The normalized spacial score (nSPS) is 11.3. The van der Waals surface area contributed by atoms with Crippen LogP contribution in [0, 0.1) is 6.92 Å². The third-order valence-corrected chi connectivity index (χ3v) is 4.65. The minimum Gasteiger partial charge on any atom is -0.424 e. The molecule has 2 heterocycles. The van der Waals surface area contributed by atoms with Gasteiger partial charge in [-0.2, -0.15) is 13.2 Å². The summed E-state index contributed by atoms with van der Waals surface area (Å²) < 4.78 is 44.9. The van der Waals surface area contributed by atoms with Crippen LogP contribution >= 0.6 is 0 Å². The molecule has 0 bridgehead atoms. The molecule has 2 amide bonds. The van der Waals surface area contributed by atoms with Crippen molar-refractivity contribution in [3.63, 3.8) is 0 Å². The third-order valence-electron chi connectivity index (χ3n) is 4.65. The van der Waals surface area contributed by atoms with Crippen molar-refractivity contribution in [1.29, 1.82) is 0 Å². The van der Waals surface area contributed by atoms with Gasteiger partial charge in [-0.3, -0.25) is 4.79 Å². The van der Waals surface area contributed by atoms with Gasteiger partial charge in [0.1, 0.15) is 6.33 Å². The van der Waals surface area contributed by atoms with Gasteiger partial charge in [-0.05, 0) is 35.0 Å². The number of carbonyl (C=O) groups is 1. The smallest absolute Gasteiger partial charge is 0.416 e. The predicted octanol–water partition coefficient (Wildman–Crippen LogP) is 5.03. The Labute approximate surface area is 186 Å². The maximum atomic E-state index is 12.8. The number of hydrogen-bond donors (Lipinski definition) is 1. The predicted molar refractivity (Wildman–Crippen MR) is 111 cm³/mol. The van der Waals surface area contributed by atoms with Crippen molar-refractivity contribution in [2.75, 3.05) is 5.32 Å². The molecule has 0 atom stereocenters. The summed E-state index contributed by atoms with van der Waals surface area (Å²) in [4.78, 5) is 20.3. The van der Waals surface area contributed by atoms with Crippen LogP contribution in [0.2, 0.25) is 0 Å². The number of carbonyl (C=O) groups excluding carboxylic acids is 1. The van der Waals surface area contributed by atoms with Gasteiger partial charge in [0.25, 0.3) is 0 Å². The first kappa shape index (κ1) is 21.9. The van der Waals surface area contributed by atoms with Crippen LogP contribution in [0.1, 0.15) is 16.8 Å². The minimum atomic E-state index is -4.52. The SMILES string of the molecule is Cc1ncncc1-c1cccc(C[n+]2cc([N-]C(=O)Nc3cccc(C(F)(F)F)c3)on2)c1. The van der Waals surface area contributed by atoms with E-state index in [2.05, 4.69) is 25.9 Å². The van der Waals surface area contributed by atoms with Gasteiger partial charge in [0.2, 0.25) is 18.6 Å². The molecule has 4 aromatic rings.